The van der Waals surface area contributed by atoms with Crippen molar-refractivity contribution in [1.29, 1.82) is 0 Å². The van der Waals surface area contributed by atoms with Crippen molar-refractivity contribution in [2.45, 2.75) is 26.3 Å². The number of nitrogens with one attached hydrogen (secondary N) is 1. The summed E-state index contributed by atoms with van der Waals surface area (Å²) in [5.41, 5.74) is 0.464. The number of thiophene rings is 1. The predicted molar refractivity (Wildman–Crippen MR) is 71.9 cm³/mol. The van der Waals surface area contributed by atoms with Crippen molar-refractivity contribution in [3.05, 3.63) is 21.9 Å². The molecule has 0 atom stereocenters. The Hall–Kier alpha value is -0.710. The van der Waals surface area contributed by atoms with Gasteiger partial charge in [-0.1, -0.05) is 0 Å². The molecule has 0 spiro atoms. The maximum absolute atomic E-state index is 12.5. The van der Waals surface area contributed by atoms with E-state index in [1.165, 1.54) is 4.88 Å². The second-order valence-corrected chi connectivity index (χ2v) is 6.19. The van der Waals surface area contributed by atoms with E-state index in [4.69, 9.17) is 0 Å². The van der Waals surface area contributed by atoms with Crippen LogP contribution in [0, 0.1) is 6.92 Å². The highest BCUT2D eigenvalue weighted by atomic mass is 32.1. The number of carbonyl (C=O) groups excluding carboxylic acids is 1. The third kappa shape index (κ3) is 2.59. The van der Waals surface area contributed by atoms with Gasteiger partial charge < -0.3 is 5.32 Å². The number of nitrogens with zero attached hydrogens (tertiary/aromatic N) is 1. The Morgan fingerprint density at radius 1 is 1.41 bits per heavy atom. The fraction of sp³-hybridized carbons (Fsp3) is 0.615. The van der Waals surface area contributed by atoms with E-state index in [9.17, 15) is 4.79 Å². The summed E-state index contributed by atoms with van der Waals surface area (Å²) in [5.74, 6) is 0.240. The minimum atomic E-state index is -0.393. The van der Waals surface area contributed by atoms with Crippen LogP contribution in [0.5, 0.6) is 0 Å². The number of piperazine rings is 1. The maximum Gasteiger partial charge on any atom is 0.183 e. The molecule has 1 N–H and O–H groups in total. The van der Waals surface area contributed by atoms with Crippen molar-refractivity contribution < 1.29 is 4.79 Å². The summed E-state index contributed by atoms with van der Waals surface area (Å²) in [7, 11) is 0. The molecule has 0 unspecified atom stereocenters. The Kier molecular flexibility index (Phi) is 3.66. The predicted octanol–water partition coefficient (Wildman–Crippen LogP) is 1.92. The highest BCUT2D eigenvalue weighted by Gasteiger charge is 2.35. The topological polar surface area (TPSA) is 32.3 Å². The molecule has 4 heteroatoms. The van der Waals surface area contributed by atoms with Crippen molar-refractivity contribution in [3.63, 3.8) is 0 Å². The number of hydrogen-bond donors (Lipinski definition) is 1. The van der Waals surface area contributed by atoms with Crippen molar-refractivity contribution in [1.82, 2.24) is 10.2 Å². The molecule has 17 heavy (non-hydrogen) atoms. The minimum absolute atomic E-state index is 0.240. The lowest BCUT2D eigenvalue weighted by Gasteiger charge is -2.39. The van der Waals surface area contributed by atoms with Crippen molar-refractivity contribution in [2.24, 2.45) is 0 Å². The van der Waals surface area contributed by atoms with Gasteiger partial charge in [0.1, 0.15) is 0 Å². The van der Waals surface area contributed by atoms with Gasteiger partial charge in [-0.25, -0.2) is 0 Å². The van der Waals surface area contributed by atoms with Crippen LogP contribution in [0.25, 0.3) is 0 Å². The number of hydrogen-bond acceptors (Lipinski definition) is 4. The zero-order valence-electron chi connectivity index (χ0n) is 10.7. The van der Waals surface area contributed by atoms with Crippen molar-refractivity contribution in [3.8, 4) is 0 Å². The summed E-state index contributed by atoms with van der Waals surface area (Å²) in [5, 5.41) is 5.29. The molecular weight excluding hydrogens is 232 g/mol. The molecule has 1 saturated heterocycles. The Balaban J connectivity index is 2.16. The molecule has 0 amide bonds. The van der Waals surface area contributed by atoms with Gasteiger partial charge in [0.15, 0.2) is 5.78 Å². The number of rotatable bonds is 3. The molecule has 1 fully saturated rings. The van der Waals surface area contributed by atoms with E-state index < -0.39 is 5.54 Å². The third-order valence-corrected chi connectivity index (χ3v) is 4.32. The first-order valence-electron chi connectivity index (χ1n) is 6.07. The third-order valence-electron chi connectivity index (χ3n) is 3.46. The van der Waals surface area contributed by atoms with E-state index in [0.29, 0.717) is 0 Å². The smallest absolute Gasteiger partial charge is 0.183 e. The number of ketones is 1. The highest BCUT2D eigenvalue weighted by molar-refractivity contribution is 7.10. The van der Waals surface area contributed by atoms with Crippen LogP contribution in [0.3, 0.4) is 0 Å². The van der Waals surface area contributed by atoms with Crippen LogP contribution in [0.2, 0.25) is 0 Å². The fourth-order valence-corrected chi connectivity index (χ4v) is 2.97. The number of aryl methyl sites for hydroxylation is 1. The van der Waals surface area contributed by atoms with Crippen LogP contribution in [0.4, 0.5) is 0 Å². The van der Waals surface area contributed by atoms with Crippen LogP contribution >= 0.6 is 11.3 Å². The Morgan fingerprint density at radius 3 is 2.59 bits per heavy atom. The van der Waals surface area contributed by atoms with E-state index in [1.807, 2.05) is 32.2 Å². The van der Waals surface area contributed by atoms with Crippen LogP contribution in [0.1, 0.15) is 29.1 Å². The molecule has 2 rings (SSSR count). The highest BCUT2D eigenvalue weighted by Crippen LogP contribution is 2.24. The van der Waals surface area contributed by atoms with Gasteiger partial charge in [0.25, 0.3) is 0 Å². The zero-order valence-corrected chi connectivity index (χ0v) is 11.6. The van der Waals surface area contributed by atoms with E-state index in [0.717, 1.165) is 31.7 Å². The first-order chi connectivity index (χ1) is 8.01. The molecule has 0 saturated carbocycles. The molecule has 1 aliphatic heterocycles. The molecule has 1 aromatic heterocycles. The van der Waals surface area contributed by atoms with Gasteiger partial charge in [-0.05, 0) is 26.8 Å². The van der Waals surface area contributed by atoms with Crippen LogP contribution in [-0.4, -0.2) is 42.4 Å². The van der Waals surface area contributed by atoms with Gasteiger partial charge in [-0.15, -0.1) is 11.3 Å². The average Bonchev–Trinajstić information content (AvgIpc) is 2.76. The largest absolute Gasteiger partial charge is 0.314 e. The summed E-state index contributed by atoms with van der Waals surface area (Å²) in [4.78, 5) is 16.0. The van der Waals surface area contributed by atoms with E-state index in [2.05, 4.69) is 10.2 Å². The van der Waals surface area contributed by atoms with Crippen LogP contribution in [-0.2, 0) is 0 Å². The molecule has 0 radical (unpaired) electrons. The SMILES string of the molecule is Cc1cc(C(=O)C(C)(C)N2CCNCC2)cs1. The molecular formula is C13H20N2OS. The second-order valence-electron chi connectivity index (χ2n) is 5.07. The van der Waals surface area contributed by atoms with E-state index in [1.54, 1.807) is 11.3 Å². The average molecular weight is 252 g/mol. The summed E-state index contributed by atoms with van der Waals surface area (Å²) in [6, 6.07) is 2.00. The monoisotopic (exact) mass is 252 g/mol. The first kappa shape index (κ1) is 12.7. The van der Waals surface area contributed by atoms with Gasteiger partial charge in [-0.2, -0.15) is 0 Å². The summed E-state index contributed by atoms with van der Waals surface area (Å²) in [6.45, 7) is 9.95. The molecule has 3 nitrogen and oxygen atoms in total. The zero-order chi connectivity index (χ0) is 12.5. The van der Waals surface area contributed by atoms with Crippen LogP contribution < -0.4 is 5.32 Å². The molecule has 2 heterocycles. The van der Waals surface area contributed by atoms with Gasteiger partial charge in [-0.3, -0.25) is 9.69 Å². The van der Waals surface area contributed by atoms with Gasteiger partial charge in [0.2, 0.25) is 0 Å². The van der Waals surface area contributed by atoms with Gasteiger partial charge in [0.05, 0.1) is 5.54 Å². The quantitative estimate of drug-likeness (QED) is 0.834. The lowest BCUT2D eigenvalue weighted by molar-refractivity contribution is 0.0603. The van der Waals surface area contributed by atoms with E-state index >= 15 is 0 Å². The van der Waals surface area contributed by atoms with E-state index in [-0.39, 0.29) is 5.78 Å². The first-order valence-corrected chi connectivity index (χ1v) is 6.95. The number of carbonyl (C=O) groups is 1. The molecule has 1 aliphatic rings. The molecule has 0 bridgehead atoms. The summed E-state index contributed by atoms with van der Waals surface area (Å²) >= 11 is 1.64. The Bertz CT molecular complexity index is 405. The minimum Gasteiger partial charge on any atom is -0.314 e. The maximum atomic E-state index is 12.5. The Morgan fingerprint density at radius 2 is 2.06 bits per heavy atom. The van der Waals surface area contributed by atoms with Gasteiger partial charge in [0, 0.05) is 42.0 Å². The lowest BCUT2D eigenvalue weighted by atomic mass is 9.92. The van der Waals surface area contributed by atoms with Gasteiger partial charge >= 0.3 is 0 Å². The molecule has 1 aromatic rings. The Labute approximate surface area is 107 Å². The number of Topliss-reactive ketones (excluding diaryl/α,β-unsaturated/α-hetero) is 1. The fourth-order valence-electron chi connectivity index (χ4n) is 2.28. The van der Waals surface area contributed by atoms with Crippen molar-refractivity contribution >= 4 is 17.1 Å². The molecule has 0 aromatic carbocycles. The normalized spacial score (nSPS) is 18.3. The molecule has 94 valence electrons. The summed E-state index contributed by atoms with van der Waals surface area (Å²) in [6.07, 6.45) is 0. The summed E-state index contributed by atoms with van der Waals surface area (Å²) < 4.78 is 0. The standard InChI is InChI=1S/C13H20N2OS/c1-10-8-11(9-17-10)12(16)13(2,3)15-6-4-14-5-7-15/h8-9,14H,4-7H2,1-3H3. The van der Waals surface area contributed by atoms with Crippen LogP contribution in [0.15, 0.2) is 11.4 Å². The van der Waals surface area contributed by atoms with Crippen molar-refractivity contribution in [2.75, 3.05) is 26.2 Å². The molecule has 0 aliphatic carbocycles. The lowest BCUT2D eigenvalue weighted by Crippen LogP contribution is -2.57. The second kappa shape index (κ2) is 4.88.